The van der Waals surface area contributed by atoms with E-state index in [2.05, 4.69) is 0 Å². The first-order valence-electron chi connectivity index (χ1n) is 1.32. The number of nitrogens with two attached hydrogens (primary N) is 2. The van der Waals surface area contributed by atoms with Crippen molar-refractivity contribution in [2.24, 2.45) is 11.5 Å². The van der Waals surface area contributed by atoms with Crippen LogP contribution in [0.5, 0.6) is 0 Å². The van der Waals surface area contributed by atoms with Crippen LogP contribution in [-0.4, -0.2) is 13.1 Å². The Morgan fingerprint density at radius 1 is 1.00 bits per heavy atom. The van der Waals surface area contributed by atoms with Crippen molar-refractivity contribution in [2.45, 2.75) is 0 Å². The van der Waals surface area contributed by atoms with Gasteiger partial charge in [-0.2, -0.15) is 0 Å². The predicted molar refractivity (Wildman–Crippen MR) is 18.1 cm³/mol. The van der Waals surface area contributed by atoms with Crippen molar-refractivity contribution in [1.82, 2.24) is 0 Å². The van der Waals surface area contributed by atoms with Gasteiger partial charge >= 0.3 is 0 Å². The molecule has 0 unspecified atom stereocenters. The zero-order valence-corrected chi connectivity index (χ0v) is 4.25. The second kappa shape index (κ2) is 8.82. The third-order valence-corrected chi connectivity index (χ3v) is 0.167. The first-order chi connectivity index (χ1) is 1.91. The average molecular weight is 112 g/mol. The van der Waals surface area contributed by atoms with Crippen molar-refractivity contribution in [3.8, 4) is 0 Å². The molecule has 2 nitrogen and oxygen atoms in total. The predicted octanol–water partition coefficient (Wildman–Crippen LogP) is -1.10. The van der Waals surface area contributed by atoms with Crippen LogP contribution in [0.2, 0.25) is 0 Å². The van der Waals surface area contributed by atoms with Crippen LogP contribution < -0.4 is 11.5 Å². The normalized spacial score (nSPS) is 6.00. The molecule has 0 saturated carbocycles. The molecule has 0 aliphatic carbocycles. The first-order valence-corrected chi connectivity index (χ1v) is 1.32. The van der Waals surface area contributed by atoms with Crippen LogP contribution >= 0.6 is 0 Å². The summed E-state index contributed by atoms with van der Waals surface area (Å²) in [4.78, 5) is 0. The van der Waals surface area contributed by atoms with Crippen LogP contribution in [0.1, 0.15) is 0 Å². The summed E-state index contributed by atoms with van der Waals surface area (Å²) in [7, 11) is 0. The van der Waals surface area contributed by atoms with Crippen molar-refractivity contribution >= 4 is 0 Å². The number of hydrogen-bond acceptors (Lipinski definition) is 2. The Balaban J connectivity index is 0. The molecule has 0 amide bonds. The van der Waals surface area contributed by atoms with Crippen molar-refractivity contribution in [1.29, 1.82) is 0 Å². The Hall–Kier alpha value is 0.452. The van der Waals surface area contributed by atoms with E-state index in [1.807, 2.05) is 0 Å². The van der Waals surface area contributed by atoms with E-state index in [1.165, 1.54) is 0 Å². The van der Waals surface area contributed by atoms with Crippen molar-refractivity contribution in [3.63, 3.8) is 0 Å². The fourth-order valence-electron chi connectivity index (χ4n) is 0. The minimum absolute atomic E-state index is 0. The number of hydrogen-bond donors (Lipinski definition) is 2. The largest absolute Gasteiger partial charge is 0.329 e. The van der Waals surface area contributed by atoms with Gasteiger partial charge in [-0.3, -0.25) is 0 Å². The van der Waals surface area contributed by atoms with Gasteiger partial charge in [-0.1, -0.05) is 0 Å². The molecule has 0 bridgehead atoms. The van der Waals surface area contributed by atoms with E-state index in [1.54, 1.807) is 0 Å². The van der Waals surface area contributed by atoms with E-state index in [4.69, 9.17) is 11.5 Å². The molecule has 4 N–H and O–H groups in total. The SMILES string of the molecule is NCCN.[Cr]. The maximum absolute atomic E-state index is 4.90. The van der Waals surface area contributed by atoms with Gasteiger partial charge < -0.3 is 11.5 Å². The topological polar surface area (TPSA) is 52.0 Å². The molecule has 5 heavy (non-hydrogen) atoms. The summed E-state index contributed by atoms with van der Waals surface area (Å²) < 4.78 is 0. The van der Waals surface area contributed by atoms with Crippen LogP contribution in [0.25, 0.3) is 0 Å². The van der Waals surface area contributed by atoms with Gasteiger partial charge in [0.2, 0.25) is 0 Å². The maximum Gasteiger partial charge on any atom is 0.00461 e. The monoisotopic (exact) mass is 112 g/mol. The minimum atomic E-state index is 0. The molecule has 0 aromatic rings. The van der Waals surface area contributed by atoms with Crippen molar-refractivity contribution in [2.75, 3.05) is 13.1 Å². The zero-order valence-electron chi connectivity index (χ0n) is 2.98. The van der Waals surface area contributed by atoms with E-state index in [9.17, 15) is 0 Å². The molecule has 0 aromatic heterocycles. The minimum Gasteiger partial charge on any atom is -0.329 e. The van der Waals surface area contributed by atoms with E-state index in [0.717, 1.165) is 0 Å². The van der Waals surface area contributed by atoms with Gasteiger partial charge in [0, 0.05) is 30.5 Å². The van der Waals surface area contributed by atoms with Gasteiger partial charge in [0.25, 0.3) is 0 Å². The molecule has 0 rings (SSSR count). The molecule has 3 heteroatoms. The summed E-state index contributed by atoms with van der Waals surface area (Å²) in [5.74, 6) is 0. The van der Waals surface area contributed by atoms with Crippen LogP contribution in [0, 0.1) is 0 Å². The molecule has 0 aliphatic heterocycles. The fourth-order valence-corrected chi connectivity index (χ4v) is 0. The Morgan fingerprint density at radius 2 is 1.20 bits per heavy atom. The van der Waals surface area contributed by atoms with Gasteiger partial charge in [0.1, 0.15) is 0 Å². The Labute approximate surface area is 42.7 Å². The van der Waals surface area contributed by atoms with E-state index in [-0.39, 0.29) is 17.4 Å². The fraction of sp³-hybridized carbons (Fsp3) is 1.00. The summed E-state index contributed by atoms with van der Waals surface area (Å²) in [6.07, 6.45) is 0. The van der Waals surface area contributed by atoms with E-state index in [0.29, 0.717) is 13.1 Å². The van der Waals surface area contributed by atoms with Crippen molar-refractivity contribution < 1.29 is 17.4 Å². The Kier molecular flexibility index (Phi) is 16.0. The quantitative estimate of drug-likeness (QED) is 0.452. The van der Waals surface area contributed by atoms with Gasteiger partial charge in [0.15, 0.2) is 0 Å². The first kappa shape index (κ1) is 9.07. The third-order valence-electron chi connectivity index (χ3n) is 0.167. The summed E-state index contributed by atoms with van der Waals surface area (Å²) in [5, 5.41) is 0. The smallest absolute Gasteiger partial charge is 0.00461 e. The summed E-state index contributed by atoms with van der Waals surface area (Å²) >= 11 is 0. The molecule has 0 aliphatic rings. The molecule has 32 valence electrons. The summed E-state index contributed by atoms with van der Waals surface area (Å²) in [6.45, 7) is 1.19. The molecular weight excluding hydrogens is 104 g/mol. The van der Waals surface area contributed by atoms with Gasteiger partial charge in [0.05, 0.1) is 0 Å². The molecule has 0 spiro atoms. The molecule has 0 radical (unpaired) electrons. The molecule has 0 heterocycles. The number of rotatable bonds is 1. The Bertz CT molecular complexity index is 9.61. The second-order valence-electron chi connectivity index (χ2n) is 0.577. The van der Waals surface area contributed by atoms with Crippen LogP contribution in [0.4, 0.5) is 0 Å². The van der Waals surface area contributed by atoms with E-state index >= 15 is 0 Å². The maximum atomic E-state index is 4.90. The van der Waals surface area contributed by atoms with Crippen LogP contribution in [0.15, 0.2) is 0 Å². The van der Waals surface area contributed by atoms with Crippen LogP contribution in [0.3, 0.4) is 0 Å². The molecule has 0 atom stereocenters. The average Bonchev–Trinajstić information content (AvgIpc) is 1.37. The zero-order chi connectivity index (χ0) is 3.41. The van der Waals surface area contributed by atoms with Gasteiger partial charge in [-0.15, -0.1) is 0 Å². The standard InChI is InChI=1S/C2H8N2.Cr/c3-1-2-4;/h1-4H2;. The van der Waals surface area contributed by atoms with Crippen molar-refractivity contribution in [3.05, 3.63) is 0 Å². The van der Waals surface area contributed by atoms with E-state index < -0.39 is 0 Å². The Morgan fingerprint density at radius 3 is 1.20 bits per heavy atom. The summed E-state index contributed by atoms with van der Waals surface area (Å²) in [5.41, 5.74) is 9.81. The molecule has 0 saturated heterocycles. The van der Waals surface area contributed by atoms with Gasteiger partial charge in [-0.05, 0) is 0 Å². The van der Waals surface area contributed by atoms with Gasteiger partial charge in [-0.25, -0.2) is 0 Å². The molecule has 0 fully saturated rings. The second-order valence-corrected chi connectivity index (χ2v) is 0.577. The summed E-state index contributed by atoms with van der Waals surface area (Å²) in [6, 6.07) is 0. The van der Waals surface area contributed by atoms with Crippen LogP contribution in [-0.2, 0) is 17.4 Å². The third kappa shape index (κ3) is 12.7. The molecule has 0 aromatic carbocycles. The molecular formula is C2H8CrN2.